The number of benzene rings is 1. The molecule has 1 N–H and O–H groups in total. The minimum absolute atomic E-state index is 0.132. The summed E-state index contributed by atoms with van der Waals surface area (Å²) < 4.78 is 9.46. The quantitative estimate of drug-likeness (QED) is 0.569. The molecule has 6 nitrogen and oxygen atoms in total. The van der Waals surface area contributed by atoms with Gasteiger partial charge in [0, 0.05) is 9.92 Å². The lowest BCUT2D eigenvalue weighted by Crippen LogP contribution is -2.16. The maximum atomic E-state index is 12.3. The number of halogens is 1. The standard InChI is InChI=1S/C17H16ClNO5S2/c1-9-13(16(21)23-2)15(26-14(9)17(22)24-3)19-12(20)8-25-11-6-4-10(18)5-7-11/h4-7H,8H2,1-3H3,(H,19,20). The van der Waals surface area contributed by atoms with Crippen molar-refractivity contribution < 1.29 is 23.9 Å². The van der Waals surface area contributed by atoms with Crippen LogP contribution in [0.15, 0.2) is 29.2 Å². The van der Waals surface area contributed by atoms with Crippen molar-refractivity contribution in [1.82, 2.24) is 0 Å². The van der Waals surface area contributed by atoms with Crippen LogP contribution in [0.1, 0.15) is 25.6 Å². The van der Waals surface area contributed by atoms with Crippen LogP contribution in [-0.2, 0) is 14.3 Å². The summed E-state index contributed by atoms with van der Waals surface area (Å²) in [6.07, 6.45) is 0. The monoisotopic (exact) mass is 413 g/mol. The molecule has 0 spiro atoms. The first-order valence-corrected chi connectivity index (χ1v) is 9.53. The second kappa shape index (κ2) is 9.07. The summed E-state index contributed by atoms with van der Waals surface area (Å²) in [6.45, 7) is 1.60. The van der Waals surface area contributed by atoms with E-state index in [1.807, 2.05) is 12.1 Å². The number of nitrogens with one attached hydrogen (secondary N) is 1. The molecule has 2 rings (SSSR count). The maximum Gasteiger partial charge on any atom is 0.348 e. The minimum atomic E-state index is -0.630. The predicted octanol–water partition coefficient (Wildman–Crippen LogP) is 4.01. The molecule has 0 aliphatic carbocycles. The van der Waals surface area contributed by atoms with E-state index in [9.17, 15) is 14.4 Å². The minimum Gasteiger partial charge on any atom is -0.465 e. The zero-order chi connectivity index (χ0) is 19.3. The highest BCUT2D eigenvalue weighted by molar-refractivity contribution is 8.00. The van der Waals surface area contributed by atoms with E-state index in [2.05, 4.69) is 5.32 Å². The molecule has 0 unspecified atom stereocenters. The fourth-order valence-corrected chi connectivity index (χ4v) is 4.03. The van der Waals surface area contributed by atoms with Gasteiger partial charge in [0.05, 0.1) is 25.5 Å². The van der Waals surface area contributed by atoms with Gasteiger partial charge in [0.25, 0.3) is 0 Å². The summed E-state index contributed by atoms with van der Waals surface area (Å²) in [6, 6.07) is 7.10. The molecule has 1 amide bonds. The Balaban J connectivity index is 2.16. The highest BCUT2D eigenvalue weighted by Crippen LogP contribution is 2.34. The summed E-state index contributed by atoms with van der Waals surface area (Å²) >= 11 is 8.13. The molecule has 0 aliphatic rings. The van der Waals surface area contributed by atoms with Crippen molar-refractivity contribution in [1.29, 1.82) is 0 Å². The predicted molar refractivity (Wildman–Crippen MR) is 103 cm³/mol. The first-order chi connectivity index (χ1) is 12.4. The van der Waals surface area contributed by atoms with Crippen LogP contribution in [0.4, 0.5) is 5.00 Å². The Hall–Kier alpha value is -2.03. The molecule has 0 saturated carbocycles. The zero-order valence-corrected chi connectivity index (χ0v) is 16.6. The molecule has 26 heavy (non-hydrogen) atoms. The van der Waals surface area contributed by atoms with Gasteiger partial charge in [-0.25, -0.2) is 9.59 Å². The van der Waals surface area contributed by atoms with E-state index in [0.717, 1.165) is 16.2 Å². The number of carbonyl (C=O) groups is 3. The van der Waals surface area contributed by atoms with Crippen LogP contribution < -0.4 is 5.32 Å². The lowest BCUT2D eigenvalue weighted by atomic mass is 10.1. The van der Waals surface area contributed by atoms with Crippen molar-refractivity contribution in [3.8, 4) is 0 Å². The lowest BCUT2D eigenvalue weighted by molar-refractivity contribution is -0.113. The number of hydrogen-bond donors (Lipinski definition) is 1. The van der Waals surface area contributed by atoms with Gasteiger partial charge >= 0.3 is 11.9 Å². The van der Waals surface area contributed by atoms with E-state index >= 15 is 0 Å². The molecule has 2 aromatic rings. The van der Waals surface area contributed by atoms with Crippen LogP contribution in [0.25, 0.3) is 0 Å². The van der Waals surface area contributed by atoms with Gasteiger partial charge in [-0.3, -0.25) is 4.79 Å². The molecule has 0 saturated heterocycles. The number of esters is 2. The van der Waals surface area contributed by atoms with Crippen molar-refractivity contribution in [2.75, 3.05) is 25.3 Å². The SMILES string of the molecule is COC(=O)c1sc(NC(=O)CSc2ccc(Cl)cc2)c(C(=O)OC)c1C. The Labute approximate surface area is 163 Å². The van der Waals surface area contributed by atoms with Crippen LogP contribution in [0.3, 0.4) is 0 Å². The van der Waals surface area contributed by atoms with Crippen molar-refractivity contribution in [2.45, 2.75) is 11.8 Å². The second-order valence-electron chi connectivity index (χ2n) is 5.03. The molecule has 0 radical (unpaired) electrons. The highest BCUT2D eigenvalue weighted by atomic mass is 35.5. The van der Waals surface area contributed by atoms with Crippen LogP contribution in [0.5, 0.6) is 0 Å². The van der Waals surface area contributed by atoms with E-state index in [0.29, 0.717) is 10.6 Å². The van der Waals surface area contributed by atoms with E-state index in [-0.39, 0.29) is 27.1 Å². The smallest absolute Gasteiger partial charge is 0.348 e. The fraction of sp³-hybridized carbons (Fsp3) is 0.235. The van der Waals surface area contributed by atoms with Crippen LogP contribution in [0, 0.1) is 6.92 Å². The third-order valence-electron chi connectivity index (χ3n) is 3.34. The number of thiophene rings is 1. The molecule has 0 atom stereocenters. The van der Waals surface area contributed by atoms with Gasteiger partial charge in [0.15, 0.2) is 0 Å². The maximum absolute atomic E-state index is 12.3. The second-order valence-corrected chi connectivity index (χ2v) is 7.54. The van der Waals surface area contributed by atoms with E-state index < -0.39 is 11.9 Å². The van der Waals surface area contributed by atoms with Crippen molar-refractivity contribution in [3.63, 3.8) is 0 Å². The Morgan fingerprint density at radius 2 is 1.73 bits per heavy atom. The van der Waals surface area contributed by atoms with Gasteiger partial charge in [0.2, 0.25) is 5.91 Å². The van der Waals surface area contributed by atoms with Gasteiger partial charge < -0.3 is 14.8 Å². The third kappa shape index (κ3) is 4.78. The van der Waals surface area contributed by atoms with Gasteiger partial charge in [-0.2, -0.15) is 0 Å². The molecule has 0 fully saturated rings. The molecule has 0 bridgehead atoms. The van der Waals surface area contributed by atoms with Gasteiger partial charge in [-0.15, -0.1) is 23.1 Å². The summed E-state index contributed by atoms with van der Waals surface area (Å²) in [5.74, 6) is -1.39. The highest BCUT2D eigenvalue weighted by Gasteiger charge is 2.26. The number of anilines is 1. The molecular weight excluding hydrogens is 398 g/mol. The van der Waals surface area contributed by atoms with E-state index in [4.69, 9.17) is 21.1 Å². The average Bonchev–Trinajstić information content (AvgIpc) is 2.96. The normalized spacial score (nSPS) is 10.3. The molecule has 9 heteroatoms. The summed E-state index contributed by atoms with van der Waals surface area (Å²) in [5.41, 5.74) is 0.567. The molecule has 1 aromatic heterocycles. The van der Waals surface area contributed by atoms with E-state index in [1.165, 1.54) is 26.0 Å². The first-order valence-electron chi connectivity index (χ1n) is 7.35. The van der Waals surface area contributed by atoms with Crippen LogP contribution >= 0.6 is 34.7 Å². The number of methoxy groups -OCH3 is 2. The number of amides is 1. The van der Waals surface area contributed by atoms with E-state index in [1.54, 1.807) is 19.1 Å². The number of thioether (sulfide) groups is 1. The largest absolute Gasteiger partial charge is 0.465 e. The Bertz CT molecular complexity index is 832. The third-order valence-corrected chi connectivity index (χ3v) is 5.79. The summed E-state index contributed by atoms with van der Waals surface area (Å²) in [7, 11) is 2.49. The number of rotatable bonds is 6. The average molecular weight is 414 g/mol. The Morgan fingerprint density at radius 3 is 2.31 bits per heavy atom. The van der Waals surface area contributed by atoms with Gasteiger partial charge in [0.1, 0.15) is 9.88 Å². The Kier molecular flexibility index (Phi) is 7.07. The number of carbonyl (C=O) groups excluding carboxylic acids is 3. The molecular formula is C17H16ClNO5S2. The van der Waals surface area contributed by atoms with Gasteiger partial charge in [-0.05, 0) is 36.8 Å². The summed E-state index contributed by atoms with van der Waals surface area (Å²) in [5, 5.41) is 3.55. The van der Waals surface area contributed by atoms with Crippen molar-refractivity contribution in [2.24, 2.45) is 0 Å². The van der Waals surface area contributed by atoms with Crippen LogP contribution in [-0.4, -0.2) is 37.8 Å². The lowest BCUT2D eigenvalue weighted by Gasteiger charge is -2.06. The summed E-state index contributed by atoms with van der Waals surface area (Å²) in [4.78, 5) is 37.3. The fourth-order valence-electron chi connectivity index (χ4n) is 2.08. The van der Waals surface area contributed by atoms with Crippen LogP contribution in [0.2, 0.25) is 5.02 Å². The molecule has 1 heterocycles. The molecule has 1 aromatic carbocycles. The topological polar surface area (TPSA) is 81.7 Å². The number of hydrogen-bond acceptors (Lipinski definition) is 7. The van der Waals surface area contributed by atoms with Crippen molar-refractivity contribution in [3.05, 3.63) is 45.3 Å². The number of ether oxygens (including phenoxy) is 2. The molecule has 0 aliphatic heterocycles. The van der Waals surface area contributed by atoms with Gasteiger partial charge in [-0.1, -0.05) is 11.6 Å². The first kappa shape index (κ1) is 20.3. The Morgan fingerprint density at radius 1 is 1.12 bits per heavy atom. The molecule has 138 valence electrons. The van der Waals surface area contributed by atoms with Crippen molar-refractivity contribution >= 4 is 57.5 Å². The zero-order valence-electron chi connectivity index (χ0n) is 14.3.